The minimum Gasteiger partial charge on any atom is -0.352 e. The Morgan fingerprint density at radius 2 is 1.84 bits per heavy atom. The highest BCUT2D eigenvalue weighted by Gasteiger charge is 2.31. The second-order valence-electron chi connectivity index (χ2n) is 8.73. The highest BCUT2D eigenvalue weighted by Crippen LogP contribution is 2.39. The molecule has 0 radical (unpaired) electrons. The molecule has 5 rings (SSSR count). The average Bonchev–Trinajstić information content (AvgIpc) is 3.13. The Balaban J connectivity index is 1.51. The third kappa shape index (κ3) is 4.10. The van der Waals surface area contributed by atoms with Crippen LogP contribution >= 0.6 is 11.3 Å². The Labute approximate surface area is 188 Å². The number of hydrogen-bond acceptors (Lipinski definition) is 6. The van der Waals surface area contributed by atoms with Crippen LogP contribution in [-0.4, -0.2) is 53.3 Å². The van der Waals surface area contributed by atoms with E-state index in [1.165, 1.54) is 5.56 Å². The number of amidine groups is 1. The predicted octanol–water partition coefficient (Wildman–Crippen LogP) is 5.26. The molecule has 0 amide bonds. The van der Waals surface area contributed by atoms with E-state index >= 15 is 0 Å². The number of thiazole rings is 1. The normalized spacial score (nSPS) is 18.8. The lowest BCUT2D eigenvalue weighted by atomic mass is 10.0. The summed E-state index contributed by atoms with van der Waals surface area (Å²) in [5, 5.41) is 5.87. The fraction of sp³-hybridized carbons (Fsp3) is 0.360. The van der Waals surface area contributed by atoms with Gasteiger partial charge in [-0.15, -0.1) is 11.3 Å². The van der Waals surface area contributed by atoms with E-state index in [-0.39, 0.29) is 0 Å². The Morgan fingerprint density at radius 3 is 2.65 bits per heavy atom. The van der Waals surface area contributed by atoms with Crippen molar-refractivity contribution in [2.24, 2.45) is 4.99 Å². The summed E-state index contributed by atoms with van der Waals surface area (Å²) < 4.78 is 0. The number of piperazine rings is 1. The first kappa shape index (κ1) is 20.2. The van der Waals surface area contributed by atoms with Crippen LogP contribution in [0.25, 0.3) is 0 Å². The van der Waals surface area contributed by atoms with E-state index in [0.29, 0.717) is 12.0 Å². The fourth-order valence-corrected chi connectivity index (χ4v) is 5.23. The smallest absolute Gasteiger partial charge is 0.158 e. The number of benzene rings is 2. The van der Waals surface area contributed by atoms with E-state index in [2.05, 4.69) is 90.6 Å². The number of aromatic nitrogens is 1. The summed E-state index contributed by atoms with van der Waals surface area (Å²) in [6.07, 6.45) is 1.04. The molecule has 160 valence electrons. The van der Waals surface area contributed by atoms with E-state index in [1.54, 1.807) is 11.3 Å². The fourth-order valence-electron chi connectivity index (χ4n) is 4.25. The average molecular weight is 432 g/mol. The van der Waals surface area contributed by atoms with Gasteiger partial charge in [0.25, 0.3) is 0 Å². The maximum absolute atomic E-state index is 5.15. The summed E-state index contributed by atoms with van der Waals surface area (Å²) in [5.41, 5.74) is 4.40. The molecule has 1 saturated heterocycles. The molecule has 1 atom stereocenters. The zero-order valence-corrected chi connectivity index (χ0v) is 19.2. The SMILES string of the molecule is CC(C)c1nc2c(s1)Nc1ccccc1N=C2N1CCN(C)[C@@H](Cc2ccccc2)C1. The zero-order valence-electron chi connectivity index (χ0n) is 18.4. The molecule has 0 spiro atoms. The van der Waals surface area contributed by atoms with Crippen LogP contribution in [0.4, 0.5) is 16.4 Å². The maximum atomic E-state index is 5.15. The van der Waals surface area contributed by atoms with Crippen LogP contribution in [0.2, 0.25) is 0 Å². The lowest BCUT2D eigenvalue weighted by Gasteiger charge is -2.40. The van der Waals surface area contributed by atoms with Gasteiger partial charge < -0.3 is 10.2 Å². The van der Waals surface area contributed by atoms with Crippen LogP contribution in [0.1, 0.15) is 36.0 Å². The second kappa shape index (κ2) is 8.44. The molecule has 0 unspecified atom stereocenters. The van der Waals surface area contributed by atoms with E-state index in [1.807, 2.05) is 0 Å². The van der Waals surface area contributed by atoms with Crippen molar-refractivity contribution in [3.05, 3.63) is 70.9 Å². The summed E-state index contributed by atoms with van der Waals surface area (Å²) in [4.78, 5) is 15.1. The van der Waals surface area contributed by atoms with Crippen molar-refractivity contribution in [3.63, 3.8) is 0 Å². The largest absolute Gasteiger partial charge is 0.352 e. The molecule has 1 fully saturated rings. The molecule has 6 heteroatoms. The molecule has 5 nitrogen and oxygen atoms in total. The highest BCUT2D eigenvalue weighted by molar-refractivity contribution is 7.16. The first-order valence-corrected chi connectivity index (χ1v) is 11.8. The van der Waals surface area contributed by atoms with Gasteiger partial charge in [-0.2, -0.15) is 0 Å². The number of anilines is 2. The van der Waals surface area contributed by atoms with Gasteiger partial charge in [-0.1, -0.05) is 56.3 Å². The van der Waals surface area contributed by atoms with Gasteiger partial charge >= 0.3 is 0 Å². The van der Waals surface area contributed by atoms with Crippen LogP contribution in [0.3, 0.4) is 0 Å². The molecular weight excluding hydrogens is 402 g/mol. The van der Waals surface area contributed by atoms with Crippen LogP contribution in [0.15, 0.2) is 59.6 Å². The zero-order chi connectivity index (χ0) is 21.4. The number of likely N-dealkylation sites (N-methyl/N-ethyl adjacent to an activating group) is 1. The standard InChI is InChI=1S/C25H29N5S/c1-17(2)24-28-22-23(26-20-11-7-8-12-21(20)27-25(22)31-24)30-14-13-29(3)19(16-30)15-18-9-5-4-6-10-18/h4-12,17,19,27H,13-16H2,1-3H3/t19-/m0/s1. The van der Waals surface area contributed by atoms with E-state index in [0.717, 1.165) is 59.0 Å². The number of para-hydroxylation sites is 2. The van der Waals surface area contributed by atoms with Crippen molar-refractivity contribution in [2.75, 3.05) is 32.0 Å². The molecule has 3 heterocycles. The topological polar surface area (TPSA) is 43.8 Å². The molecule has 0 aliphatic carbocycles. The highest BCUT2D eigenvalue weighted by atomic mass is 32.1. The lowest BCUT2D eigenvalue weighted by molar-refractivity contribution is 0.140. The number of fused-ring (bicyclic) bond motifs is 2. The molecule has 0 saturated carbocycles. The molecular formula is C25H29N5S. The van der Waals surface area contributed by atoms with Gasteiger partial charge in [0, 0.05) is 31.6 Å². The van der Waals surface area contributed by atoms with Gasteiger partial charge in [0.05, 0.1) is 16.4 Å². The van der Waals surface area contributed by atoms with Crippen LogP contribution in [0, 0.1) is 0 Å². The van der Waals surface area contributed by atoms with E-state index < -0.39 is 0 Å². The molecule has 1 aromatic heterocycles. The number of aliphatic imine (C=N–C) groups is 1. The minimum absolute atomic E-state index is 0.397. The third-order valence-corrected chi connectivity index (χ3v) is 7.39. The Morgan fingerprint density at radius 1 is 1.06 bits per heavy atom. The van der Waals surface area contributed by atoms with E-state index in [4.69, 9.17) is 9.98 Å². The van der Waals surface area contributed by atoms with E-state index in [9.17, 15) is 0 Å². The molecule has 2 aliphatic rings. The summed E-state index contributed by atoms with van der Waals surface area (Å²) in [6.45, 7) is 7.32. The summed E-state index contributed by atoms with van der Waals surface area (Å²) in [5.74, 6) is 1.40. The Kier molecular flexibility index (Phi) is 5.50. The van der Waals surface area contributed by atoms with Crippen LogP contribution in [0.5, 0.6) is 0 Å². The van der Waals surface area contributed by atoms with Gasteiger partial charge in [0.15, 0.2) is 5.84 Å². The van der Waals surface area contributed by atoms with Crippen molar-refractivity contribution < 1.29 is 0 Å². The maximum Gasteiger partial charge on any atom is 0.158 e. The molecule has 2 aromatic carbocycles. The minimum atomic E-state index is 0.397. The van der Waals surface area contributed by atoms with Gasteiger partial charge in [0.2, 0.25) is 0 Å². The molecule has 0 bridgehead atoms. The van der Waals surface area contributed by atoms with Gasteiger partial charge in [0.1, 0.15) is 10.7 Å². The van der Waals surface area contributed by atoms with Crippen molar-refractivity contribution in [1.82, 2.24) is 14.8 Å². The molecule has 3 aromatic rings. The Hall–Kier alpha value is -2.70. The van der Waals surface area contributed by atoms with Gasteiger partial charge in [-0.25, -0.2) is 9.98 Å². The number of nitrogens with zero attached hydrogens (tertiary/aromatic N) is 4. The summed E-state index contributed by atoms with van der Waals surface area (Å²) in [6, 6.07) is 19.5. The van der Waals surface area contributed by atoms with Crippen molar-refractivity contribution in [3.8, 4) is 0 Å². The monoisotopic (exact) mass is 431 g/mol. The second-order valence-corrected chi connectivity index (χ2v) is 9.76. The van der Waals surface area contributed by atoms with Crippen LogP contribution < -0.4 is 5.32 Å². The first-order chi connectivity index (χ1) is 15.1. The summed E-state index contributed by atoms with van der Waals surface area (Å²) in [7, 11) is 2.24. The van der Waals surface area contributed by atoms with Crippen molar-refractivity contribution in [1.29, 1.82) is 0 Å². The van der Waals surface area contributed by atoms with Gasteiger partial charge in [-0.05, 0) is 31.2 Å². The number of rotatable bonds is 3. The lowest BCUT2D eigenvalue weighted by Crippen LogP contribution is -2.54. The van der Waals surface area contributed by atoms with Crippen molar-refractivity contribution >= 4 is 33.5 Å². The molecule has 2 aliphatic heterocycles. The molecule has 1 N–H and O–H groups in total. The third-order valence-electron chi connectivity index (χ3n) is 6.12. The number of hydrogen-bond donors (Lipinski definition) is 1. The number of nitrogens with one attached hydrogen (secondary N) is 1. The summed E-state index contributed by atoms with van der Waals surface area (Å²) >= 11 is 1.75. The molecule has 31 heavy (non-hydrogen) atoms. The van der Waals surface area contributed by atoms with Gasteiger partial charge in [-0.3, -0.25) is 4.90 Å². The van der Waals surface area contributed by atoms with Crippen LogP contribution in [-0.2, 0) is 6.42 Å². The predicted molar refractivity (Wildman–Crippen MR) is 130 cm³/mol. The first-order valence-electron chi connectivity index (χ1n) is 11.0. The Bertz CT molecular complexity index is 1090. The van der Waals surface area contributed by atoms with Crippen molar-refractivity contribution in [2.45, 2.75) is 32.2 Å². The quantitative estimate of drug-likeness (QED) is 0.614.